The van der Waals surface area contributed by atoms with Crippen molar-refractivity contribution < 1.29 is 14.3 Å². The monoisotopic (exact) mass is 371 g/mol. The van der Waals surface area contributed by atoms with Crippen LogP contribution in [0.2, 0.25) is 0 Å². The fourth-order valence-corrected chi connectivity index (χ4v) is 2.79. The molecule has 0 bridgehead atoms. The lowest BCUT2D eigenvalue weighted by Crippen LogP contribution is -2.32. The van der Waals surface area contributed by atoms with E-state index >= 15 is 0 Å². The Labute approximate surface area is 158 Å². The fraction of sp³-hybridized carbons (Fsp3) is 0.450. The molecule has 1 aliphatic rings. The molecule has 1 amide bonds. The minimum atomic E-state index is -0.231. The topological polar surface area (TPSA) is 82.5 Å². The van der Waals surface area contributed by atoms with Gasteiger partial charge in [0, 0.05) is 24.1 Å². The normalized spacial score (nSPS) is 13.3. The molecule has 7 nitrogen and oxygen atoms in total. The van der Waals surface area contributed by atoms with Gasteiger partial charge >= 0.3 is 0 Å². The summed E-state index contributed by atoms with van der Waals surface area (Å²) in [6.07, 6.45) is 2.25. The van der Waals surface area contributed by atoms with E-state index in [2.05, 4.69) is 10.4 Å². The van der Waals surface area contributed by atoms with Crippen LogP contribution in [-0.4, -0.2) is 35.4 Å². The molecule has 1 heterocycles. The van der Waals surface area contributed by atoms with Gasteiger partial charge in [0.2, 0.25) is 0 Å². The molecule has 1 aliphatic carbocycles. The SMILES string of the molecule is CCOc1ccc(C(=O)NCCn2nc(C3CC3)ccc2=O)cc1OCC. The Hall–Kier alpha value is -2.83. The molecule has 3 rings (SSSR count). The summed E-state index contributed by atoms with van der Waals surface area (Å²) in [7, 11) is 0. The number of carbonyl (C=O) groups is 1. The van der Waals surface area contributed by atoms with Gasteiger partial charge in [-0.05, 0) is 51.0 Å². The first kappa shape index (κ1) is 18.9. The lowest BCUT2D eigenvalue weighted by molar-refractivity contribution is 0.0951. The van der Waals surface area contributed by atoms with Crippen LogP contribution in [0, 0.1) is 0 Å². The van der Waals surface area contributed by atoms with Crippen LogP contribution in [0.5, 0.6) is 11.5 Å². The largest absolute Gasteiger partial charge is 0.490 e. The molecule has 27 heavy (non-hydrogen) atoms. The summed E-state index contributed by atoms with van der Waals surface area (Å²) in [5.41, 5.74) is 1.27. The number of benzene rings is 1. The maximum Gasteiger partial charge on any atom is 0.266 e. The van der Waals surface area contributed by atoms with Crippen molar-refractivity contribution in [3.05, 3.63) is 51.9 Å². The Morgan fingerprint density at radius 3 is 2.59 bits per heavy atom. The molecule has 0 atom stereocenters. The molecular formula is C20H25N3O4. The second kappa shape index (κ2) is 8.70. The van der Waals surface area contributed by atoms with Gasteiger partial charge in [-0.3, -0.25) is 9.59 Å². The van der Waals surface area contributed by atoms with Crippen molar-refractivity contribution in [1.82, 2.24) is 15.1 Å². The van der Waals surface area contributed by atoms with Crippen LogP contribution in [0.4, 0.5) is 0 Å². The Bertz CT molecular complexity index is 859. The average molecular weight is 371 g/mol. The van der Waals surface area contributed by atoms with Crippen LogP contribution < -0.4 is 20.3 Å². The molecule has 0 aliphatic heterocycles. The van der Waals surface area contributed by atoms with Gasteiger partial charge in [-0.15, -0.1) is 0 Å². The predicted octanol–water partition coefficient (Wildman–Crippen LogP) is 2.35. The summed E-state index contributed by atoms with van der Waals surface area (Å²) >= 11 is 0. The van der Waals surface area contributed by atoms with Crippen molar-refractivity contribution >= 4 is 5.91 Å². The van der Waals surface area contributed by atoms with Crippen molar-refractivity contribution in [2.45, 2.75) is 39.2 Å². The van der Waals surface area contributed by atoms with Crippen molar-refractivity contribution in [2.24, 2.45) is 0 Å². The molecule has 144 valence electrons. The summed E-state index contributed by atoms with van der Waals surface area (Å²) in [6, 6.07) is 8.44. The Balaban J connectivity index is 1.61. The third-order valence-corrected chi connectivity index (χ3v) is 4.30. The van der Waals surface area contributed by atoms with Crippen LogP contribution >= 0.6 is 0 Å². The molecule has 1 fully saturated rings. The second-order valence-corrected chi connectivity index (χ2v) is 6.38. The fourth-order valence-electron chi connectivity index (χ4n) is 2.79. The highest BCUT2D eigenvalue weighted by Gasteiger charge is 2.25. The molecule has 1 N–H and O–H groups in total. The smallest absolute Gasteiger partial charge is 0.266 e. The van der Waals surface area contributed by atoms with Crippen LogP contribution in [0.15, 0.2) is 35.1 Å². The van der Waals surface area contributed by atoms with Crippen molar-refractivity contribution in [3.8, 4) is 11.5 Å². The molecule has 0 saturated heterocycles. The first-order valence-corrected chi connectivity index (χ1v) is 9.38. The summed E-state index contributed by atoms with van der Waals surface area (Å²) in [4.78, 5) is 24.3. The summed E-state index contributed by atoms with van der Waals surface area (Å²) in [6.45, 7) is 5.43. The molecule has 1 aromatic carbocycles. The molecule has 0 spiro atoms. The Kier molecular flexibility index (Phi) is 6.11. The van der Waals surface area contributed by atoms with Gasteiger partial charge < -0.3 is 14.8 Å². The van der Waals surface area contributed by atoms with Crippen LogP contribution in [-0.2, 0) is 6.54 Å². The van der Waals surface area contributed by atoms with E-state index in [9.17, 15) is 9.59 Å². The molecule has 0 unspecified atom stereocenters. The average Bonchev–Trinajstić information content (AvgIpc) is 3.50. The van der Waals surface area contributed by atoms with Crippen LogP contribution in [0.25, 0.3) is 0 Å². The molecule has 1 saturated carbocycles. The number of hydrogen-bond acceptors (Lipinski definition) is 5. The number of nitrogens with zero attached hydrogens (tertiary/aromatic N) is 2. The number of hydrogen-bond donors (Lipinski definition) is 1. The van der Waals surface area contributed by atoms with E-state index in [4.69, 9.17) is 9.47 Å². The maximum atomic E-state index is 12.4. The lowest BCUT2D eigenvalue weighted by Gasteiger charge is -2.12. The van der Waals surface area contributed by atoms with Gasteiger partial charge in [0.15, 0.2) is 11.5 Å². The van der Waals surface area contributed by atoms with Crippen molar-refractivity contribution in [3.63, 3.8) is 0 Å². The number of carbonyl (C=O) groups excluding carboxylic acids is 1. The predicted molar refractivity (Wildman–Crippen MR) is 102 cm³/mol. The number of nitrogens with one attached hydrogen (secondary N) is 1. The number of rotatable bonds is 9. The first-order valence-electron chi connectivity index (χ1n) is 9.38. The van der Waals surface area contributed by atoms with Gasteiger partial charge in [0.1, 0.15) is 0 Å². The van der Waals surface area contributed by atoms with Gasteiger partial charge in [-0.1, -0.05) is 0 Å². The van der Waals surface area contributed by atoms with E-state index in [1.807, 2.05) is 13.8 Å². The maximum absolute atomic E-state index is 12.4. The lowest BCUT2D eigenvalue weighted by atomic mass is 10.2. The Morgan fingerprint density at radius 2 is 1.89 bits per heavy atom. The highest BCUT2D eigenvalue weighted by Crippen LogP contribution is 2.38. The zero-order valence-corrected chi connectivity index (χ0v) is 15.7. The van der Waals surface area contributed by atoms with Crippen LogP contribution in [0.3, 0.4) is 0 Å². The summed E-state index contributed by atoms with van der Waals surface area (Å²) < 4.78 is 12.5. The highest BCUT2D eigenvalue weighted by atomic mass is 16.5. The third kappa shape index (κ3) is 4.87. The van der Waals surface area contributed by atoms with E-state index in [-0.39, 0.29) is 11.5 Å². The molecule has 2 aromatic rings. The number of amides is 1. The zero-order chi connectivity index (χ0) is 19.2. The van der Waals surface area contributed by atoms with Gasteiger partial charge in [-0.25, -0.2) is 4.68 Å². The van der Waals surface area contributed by atoms with Gasteiger partial charge in [0.05, 0.1) is 25.5 Å². The molecular weight excluding hydrogens is 346 g/mol. The Morgan fingerprint density at radius 1 is 1.15 bits per heavy atom. The van der Waals surface area contributed by atoms with E-state index in [0.29, 0.717) is 49.3 Å². The highest BCUT2D eigenvalue weighted by molar-refractivity contribution is 5.94. The number of ether oxygens (including phenoxy) is 2. The van der Waals surface area contributed by atoms with E-state index in [1.165, 1.54) is 4.68 Å². The quantitative estimate of drug-likeness (QED) is 0.732. The van der Waals surface area contributed by atoms with Gasteiger partial charge in [-0.2, -0.15) is 5.10 Å². The van der Waals surface area contributed by atoms with E-state index in [0.717, 1.165) is 18.5 Å². The van der Waals surface area contributed by atoms with Gasteiger partial charge in [0.25, 0.3) is 11.5 Å². The first-order chi connectivity index (χ1) is 13.1. The minimum Gasteiger partial charge on any atom is -0.490 e. The minimum absolute atomic E-state index is 0.159. The summed E-state index contributed by atoms with van der Waals surface area (Å²) in [5, 5.41) is 7.22. The number of aromatic nitrogens is 2. The molecule has 7 heteroatoms. The van der Waals surface area contributed by atoms with E-state index < -0.39 is 0 Å². The molecule has 1 aromatic heterocycles. The standard InChI is InChI=1S/C20H25N3O4/c1-3-26-17-9-7-15(13-18(17)27-4-2)20(25)21-11-12-23-19(24)10-8-16(22-23)14-5-6-14/h7-10,13-14H,3-6,11-12H2,1-2H3,(H,21,25). The second-order valence-electron chi connectivity index (χ2n) is 6.38. The van der Waals surface area contributed by atoms with E-state index in [1.54, 1.807) is 30.3 Å². The molecule has 0 radical (unpaired) electrons. The third-order valence-electron chi connectivity index (χ3n) is 4.30. The zero-order valence-electron chi connectivity index (χ0n) is 15.7. The van der Waals surface area contributed by atoms with Crippen LogP contribution in [0.1, 0.15) is 48.7 Å². The van der Waals surface area contributed by atoms with Crippen molar-refractivity contribution in [2.75, 3.05) is 19.8 Å². The van der Waals surface area contributed by atoms with Crippen molar-refractivity contribution in [1.29, 1.82) is 0 Å². The summed E-state index contributed by atoms with van der Waals surface area (Å²) in [5.74, 6) is 1.41.